The number of aromatic nitrogens is 2. The van der Waals surface area contributed by atoms with Crippen molar-refractivity contribution in [1.29, 1.82) is 0 Å². The Morgan fingerprint density at radius 1 is 1.28 bits per heavy atom. The van der Waals surface area contributed by atoms with Gasteiger partial charge in [0.2, 0.25) is 0 Å². The van der Waals surface area contributed by atoms with E-state index in [4.69, 9.17) is 5.11 Å². The van der Waals surface area contributed by atoms with Crippen LogP contribution in [-0.4, -0.2) is 20.9 Å². The first-order chi connectivity index (χ1) is 8.41. The SMILES string of the molecule is Cc1c(C(=O)O)cnn1-c1cc(F)c(F)c(F)c1. The van der Waals surface area contributed by atoms with Crippen molar-refractivity contribution in [3.05, 3.63) is 47.0 Å². The summed E-state index contributed by atoms with van der Waals surface area (Å²) >= 11 is 0. The maximum absolute atomic E-state index is 13.1. The Balaban J connectivity index is 2.59. The summed E-state index contributed by atoms with van der Waals surface area (Å²) in [6, 6.07) is 1.48. The molecule has 2 rings (SSSR count). The van der Waals surface area contributed by atoms with Crippen molar-refractivity contribution in [3.63, 3.8) is 0 Å². The summed E-state index contributed by atoms with van der Waals surface area (Å²) < 4.78 is 39.9. The fourth-order valence-corrected chi connectivity index (χ4v) is 1.54. The first kappa shape index (κ1) is 12.2. The highest BCUT2D eigenvalue weighted by Crippen LogP contribution is 2.19. The van der Waals surface area contributed by atoms with Crippen molar-refractivity contribution in [2.75, 3.05) is 0 Å². The average Bonchev–Trinajstić information content (AvgIpc) is 2.67. The molecule has 7 heteroatoms. The van der Waals surface area contributed by atoms with Crippen LogP contribution in [0.1, 0.15) is 16.1 Å². The maximum Gasteiger partial charge on any atom is 0.339 e. The van der Waals surface area contributed by atoms with Crippen LogP contribution in [0.5, 0.6) is 0 Å². The van der Waals surface area contributed by atoms with Crippen molar-refractivity contribution in [1.82, 2.24) is 9.78 Å². The highest BCUT2D eigenvalue weighted by Gasteiger charge is 2.17. The quantitative estimate of drug-likeness (QED) is 0.839. The van der Waals surface area contributed by atoms with Gasteiger partial charge in [-0.1, -0.05) is 0 Å². The number of aromatic carboxylic acids is 1. The second-order valence-corrected chi connectivity index (χ2v) is 3.58. The summed E-state index contributed by atoms with van der Waals surface area (Å²) in [6.07, 6.45) is 1.05. The molecule has 0 amide bonds. The summed E-state index contributed by atoms with van der Waals surface area (Å²) in [7, 11) is 0. The van der Waals surface area contributed by atoms with Gasteiger partial charge in [-0.15, -0.1) is 0 Å². The van der Waals surface area contributed by atoms with E-state index in [2.05, 4.69) is 5.10 Å². The minimum Gasteiger partial charge on any atom is -0.478 e. The lowest BCUT2D eigenvalue weighted by molar-refractivity contribution is 0.0696. The standard InChI is InChI=1S/C11H7F3N2O2/c1-5-7(11(17)18)4-15-16(5)6-2-8(12)10(14)9(13)3-6/h2-4H,1H3,(H,17,18). The molecule has 18 heavy (non-hydrogen) atoms. The number of carboxylic acid groups (broad SMARTS) is 1. The molecule has 1 heterocycles. The fourth-order valence-electron chi connectivity index (χ4n) is 1.54. The summed E-state index contributed by atoms with van der Waals surface area (Å²) in [5, 5.41) is 12.5. The molecule has 0 bridgehead atoms. The molecule has 0 saturated carbocycles. The highest BCUT2D eigenvalue weighted by atomic mass is 19.2. The van der Waals surface area contributed by atoms with Crippen LogP contribution in [-0.2, 0) is 0 Å². The van der Waals surface area contributed by atoms with Crippen molar-refractivity contribution in [3.8, 4) is 5.69 Å². The van der Waals surface area contributed by atoms with E-state index in [1.54, 1.807) is 0 Å². The molecule has 0 aliphatic rings. The van der Waals surface area contributed by atoms with Crippen LogP contribution in [0.25, 0.3) is 5.69 Å². The van der Waals surface area contributed by atoms with Crippen molar-refractivity contribution in [2.45, 2.75) is 6.92 Å². The second-order valence-electron chi connectivity index (χ2n) is 3.58. The Bertz CT molecular complexity index is 614. The fraction of sp³-hybridized carbons (Fsp3) is 0.0909. The number of benzene rings is 1. The molecular formula is C11H7F3N2O2. The maximum atomic E-state index is 13.1. The molecule has 0 unspecified atom stereocenters. The molecule has 1 aromatic heterocycles. The summed E-state index contributed by atoms with van der Waals surface area (Å²) in [5.74, 6) is -5.52. The van der Waals surface area contributed by atoms with Gasteiger partial charge in [-0.2, -0.15) is 5.10 Å². The lowest BCUT2D eigenvalue weighted by atomic mass is 10.2. The Hall–Kier alpha value is -2.31. The van der Waals surface area contributed by atoms with Crippen LogP contribution in [0.3, 0.4) is 0 Å². The van der Waals surface area contributed by atoms with Crippen LogP contribution in [0, 0.1) is 24.4 Å². The Kier molecular flexibility index (Phi) is 2.82. The van der Waals surface area contributed by atoms with Crippen LogP contribution in [0.4, 0.5) is 13.2 Å². The van der Waals surface area contributed by atoms with Crippen LogP contribution >= 0.6 is 0 Å². The van der Waals surface area contributed by atoms with Crippen LogP contribution in [0.15, 0.2) is 18.3 Å². The lowest BCUT2D eigenvalue weighted by Gasteiger charge is -2.06. The molecule has 0 atom stereocenters. The van der Waals surface area contributed by atoms with Gasteiger partial charge in [-0.3, -0.25) is 0 Å². The monoisotopic (exact) mass is 256 g/mol. The molecule has 2 aromatic rings. The van der Waals surface area contributed by atoms with Gasteiger partial charge in [-0.25, -0.2) is 22.6 Å². The summed E-state index contributed by atoms with van der Waals surface area (Å²) in [5.41, 5.74) is 0.00412. The number of carbonyl (C=O) groups is 1. The zero-order valence-corrected chi connectivity index (χ0v) is 9.12. The van der Waals surface area contributed by atoms with Crippen molar-refractivity contribution >= 4 is 5.97 Å². The average molecular weight is 256 g/mol. The van der Waals surface area contributed by atoms with Gasteiger partial charge in [0.15, 0.2) is 17.5 Å². The number of nitrogens with zero attached hydrogens (tertiary/aromatic N) is 2. The zero-order chi connectivity index (χ0) is 13.4. The van der Waals surface area contributed by atoms with E-state index in [1.807, 2.05) is 0 Å². The Morgan fingerprint density at radius 2 is 1.83 bits per heavy atom. The first-order valence-corrected chi connectivity index (χ1v) is 4.84. The predicted octanol–water partition coefficient (Wildman–Crippen LogP) is 2.30. The molecule has 0 saturated heterocycles. The number of hydrogen-bond donors (Lipinski definition) is 1. The number of rotatable bonds is 2. The lowest BCUT2D eigenvalue weighted by Crippen LogP contribution is -2.04. The number of hydrogen-bond acceptors (Lipinski definition) is 2. The van der Waals surface area contributed by atoms with E-state index < -0.39 is 23.4 Å². The topological polar surface area (TPSA) is 55.1 Å². The van der Waals surface area contributed by atoms with Gasteiger partial charge >= 0.3 is 5.97 Å². The second kappa shape index (κ2) is 4.17. The van der Waals surface area contributed by atoms with E-state index in [0.29, 0.717) is 0 Å². The third kappa shape index (κ3) is 1.83. The van der Waals surface area contributed by atoms with Gasteiger partial charge in [0, 0.05) is 12.1 Å². The Labute approximate surface area is 99.3 Å². The molecule has 94 valence electrons. The van der Waals surface area contributed by atoms with Gasteiger partial charge in [-0.05, 0) is 6.92 Å². The van der Waals surface area contributed by atoms with E-state index in [0.717, 1.165) is 23.0 Å². The Morgan fingerprint density at radius 3 is 2.28 bits per heavy atom. The number of carboxylic acids is 1. The highest BCUT2D eigenvalue weighted by molar-refractivity contribution is 5.88. The molecule has 0 aliphatic carbocycles. The molecule has 0 aliphatic heterocycles. The first-order valence-electron chi connectivity index (χ1n) is 4.84. The van der Waals surface area contributed by atoms with Gasteiger partial charge in [0.25, 0.3) is 0 Å². The molecule has 0 fully saturated rings. The van der Waals surface area contributed by atoms with E-state index in [1.165, 1.54) is 6.92 Å². The summed E-state index contributed by atoms with van der Waals surface area (Å²) in [6.45, 7) is 1.43. The zero-order valence-electron chi connectivity index (χ0n) is 9.12. The van der Waals surface area contributed by atoms with E-state index in [-0.39, 0.29) is 16.9 Å². The van der Waals surface area contributed by atoms with E-state index >= 15 is 0 Å². The molecule has 1 aromatic carbocycles. The third-order valence-corrected chi connectivity index (χ3v) is 2.45. The van der Waals surface area contributed by atoms with Crippen molar-refractivity contribution in [2.24, 2.45) is 0 Å². The van der Waals surface area contributed by atoms with Crippen LogP contribution < -0.4 is 0 Å². The molecule has 4 nitrogen and oxygen atoms in total. The minimum atomic E-state index is -1.58. The number of halogens is 3. The van der Waals surface area contributed by atoms with E-state index in [9.17, 15) is 18.0 Å². The molecule has 0 spiro atoms. The molecule has 1 N–H and O–H groups in total. The van der Waals surface area contributed by atoms with Gasteiger partial charge in [0.1, 0.15) is 5.56 Å². The van der Waals surface area contributed by atoms with Gasteiger partial charge in [0.05, 0.1) is 17.6 Å². The van der Waals surface area contributed by atoms with Crippen LogP contribution in [0.2, 0.25) is 0 Å². The minimum absolute atomic E-state index is 0.0867. The predicted molar refractivity (Wildman–Crippen MR) is 55.1 cm³/mol. The molecular weight excluding hydrogens is 249 g/mol. The largest absolute Gasteiger partial charge is 0.478 e. The van der Waals surface area contributed by atoms with Gasteiger partial charge < -0.3 is 5.11 Å². The van der Waals surface area contributed by atoms with Crippen molar-refractivity contribution < 1.29 is 23.1 Å². The summed E-state index contributed by atoms with van der Waals surface area (Å²) in [4.78, 5) is 10.8. The third-order valence-electron chi connectivity index (χ3n) is 2.45. The molecule has 0 radical (unpaired) electrons. The normalized spacial score (nSPS) is 10.7. The smallest absolute Gasteiger partial charge is 0.339 e.